The van der Waals surface area contributed by atoms with Gasteiger partial charge in [-0.05, 0) is 77.9 Å². The average Bonchev–Trinajstić information content (AvgIpc) is 2.96. The van der Waals surface area contributed by atoms with Crippen LogP contribution in [0.4, 0.5) is 32.3 Å². The molecule has 2 rings (SSSR count). The molecule has 0 saturated carbocycles. The maximum Gasteiger partial charge on any atom is 0.412 e. The molecule has 50 heavy (non-hydrogen) atoms. The summed E-state index contributed by atoms with van der Waals surface area (Å²) in [6, 6.07) is 13.3. The first-order chi connectivity index (χ1) is 23.4. The molecule has 0 saturated heterocycles. The van der Waals surface area contributed by atoms with Crippen LogP contribution in [0, 0.1) is 0 Å². The van der Waals surface area contributed by atoms with Crippen molar-refractivity contribution in [2.75, 3.05) is 54.0 Å². The maximum absolute atomic E-state index is 12.9. The lowest BCUT2D eigenvalue weighted by Crippen LogP contribution is -2.38. The van der Waals surface area contributed by atoms with Crippen LogP contribution in [0.3, 0.4) is 0 Å². The number of carbonyl (C=O) groups excluding carboxylic acids is 6. The number of anilines is 4. The van der Waals surface area contributed by atoms with Crippen molar-refractivity contribution in [3.05, 3.63) is 48.5 Å². The summed E-state index contributed by atoms with van der Waals surface area (Å²) < 4.78 is 10.6. The number of ether oxygens (including phenoxy) is 2. The Hall–Kier alpha value is -5.18. The number of rotatable bonds is 16. The van der Waals surface area contributed by atoms with E-state index < -0.39 is 23.4 Å². The van der Waals surface area contributed by atoms with Crippen LogP contribution in [-0.2, 0) is 28.7 Å². The van der Waals surface area contributed by atoms with E-state index in [4.69, 9.17) is 9.47 Å². The molecule has 6 amide bonds. The first kappa shape index (κ1) is 41.0. The Morgan fingerprint density at radius 2 is 0.980 bits per heavy atom. The molecule has 15 heteroatoms. The van der Waals surface area contributed by atoms with Crippen LogP contribution in [0.5, 0.6) is 0 Å². The molecule has 0 fully saturated rings. The fourth-order valence-corrected chi connectivity index (χ4v) is 4.29. The lowest BCUT2D eigenvalue weighted by molar-refractivity contribution is -0.122. The molecule has 2 aromatic carbocycles. The number of nitrogens with one attached hydrogen (secondary N) is 6. The predicted octanol–water partition coefficient (Wildman–Crippen LogP) is 4.68. The van der Waals surface area contributed by atoms with E-state index in [-0.39, 0.29) is 69.1 Å². The third kappa shape index (κ3) is 19.0. The lowest BCUT2D eigenvalue weighted by atomic mass is 10.2. The molecule has 0 unspecified atom stereocenters. The minimum atomic E-state index is -0.663. The summed E-state index contributed by atoms with van der Waals surface area (Å²) >= 11 is 0. The average molecular weight is 698 g/mol. The van der Waals surface area contributed by atoms with Gasteiger partial charge in [0.25, 0.3) is 0 Å². The Labute approximate surface area is 293 Å². The summed E-state index contributed by atoms with van der Waals surface area (Å²) in [5.74, 6) is -1.04. The zero-order chi connectivity index (χ0) is 37.3. The normalized spacial score (nSPS) is 11.2. The van der Waals surface area contributed by atoms with Gasteiger partial charge in [0.15, 0.2) is 0 Å². The maximum atomic E-state index is 12.9. The van der Waals surface area contributed by atoms with Crippen LogP contribution in [0.1, 0.15) is 67.7 Å². The van der Waals surface area contributed by atoms with Gasteiger partial charge in [-0.15, -0.1) is 0 Å². The smallest absolute Gasteiger partial charge is 0.412 e. The van der Waals surface area contributed by atoms with E-state index in [0.29, 0.717) is 29.3 Å². The van der Waals surface area contributed by atoms with Crippen LogP contribution >= 0.6 is 0 Å². The van der Waals surface area contributed by atoms with E-state index in [9.17, 15) is 28.8 Å². The monoisotopic (exact) mass is 697 g/mol. The minimum absolute atomic E-state index is 0.0835. The molecular weight excluding hydrogens is 646 g/mol. The standard InChI is InChI=1S/C35H51N7O8/c1-24(43)36-17-14-29(44)37-18-21-42(19-15-30(45)38-25-10-8-12-27(22-25)40-32(47)49-34(2,3)4)20-16-31(46)39-26-11-9-13-28(23-26)41-33(48)50-35(5,6)7/h8-13,22-23H,14-21H2,1-7H3,(H,36,43)(H,37,44)(H,38,45)(H,39,46)(H,40,47)(H,41,48). The number of hydrogen-bond donors (Lipinski definition) is 6. The van der Waals surface area contributed by atoms with Gasteiger partial charge in [0, 0.05) is 81.7 Å². The van der Waals surface area contributed by atoms with Crippen LogP contribution in [0.15, 0.2) is 48.5 Å². The Morgan fingerprint density at radius 3 is 1.38 bits per heavy atom. The Bertz CT molecular complexity index is 1390. The molecule has 0 heterocycles. The van der Waals surface area contributed by atoms with Crippen molar-refractivity contribution in [1.82, 2.24) is 15.5 Å². The van der Waals surface area contributed by atoms with Crippen molar-refractivity contribution in [2.45, 2.75) is 78.9 Å². The third-order valence-electron chi connectivity index (χ3n) is 6.37. The molecule has 0 atom stereocenters. The molecular formula is C35H51N7O8. The van der Waals surface area contributed by atoms with E-state index in [0.717, 1.165) is 0 Å². The number of hydrogen-bond acceptors (Lipinski definition) is 9. The van der Waals surface area contributed by atoms with Gasteiger partial charge in [-0.2, -0.15) is 0 Å². The highest BCUT2D eigenvalue weighted by atomic mass is 16.6. The van der Waals surface area contributed by atoms with E-state index >= 15 is 0 Å². The number of benzene rings is 2. The molecule has 0 aliphatic heterocycles. The van der Waals surface area contributed by atoms with Crippen LogP contribution in [0.25, 0.3) is 0 Å². The molecule has 0 aliphatic carbocycles. The fraction of sp³-hybridized carbons (Fsp3) is 0.486. The van der Waals surface area contributed by atoms with Crippen molar-refractivity contribution in [1.29, 1.82) is 0 Å². The van der Waals surface area contributed by atoms with E-state index in [1.807, 2.05) is 4.90 Å². The molecule has 6 N–H and O–H groups in total. The first-order valence-electron chi connectivity index (χ1n) is 16.4. The topological polar surface area (TPSA) is 196 Å². The van der Waals surface area contributed by atoms with E-state index in [1.54, 1.807) is 90.1 Å². The summed E-state index contributed by atoms with van der Waals surface area (Å²) in [5.41, 5.74) is 0.525. The lowest BCUT2D eigenvalue weighted by Gasteiger charge is -2.22. The highest BCUT2D eigenvalue weighted by Gasteiger charge is 2.18. The largest absolute Gasteiger partial charge is 0.444 e. The van der Waals surface area contributed by atoms with Crippen molar-refractivity contribution < 1.29 is 38.2 Å². The van der Waals surface area contributed by atoms with Crippen molar-refractivity contribution >= 4 is 58.6 Å². The summed E-state index contributed by atoms with van der Waals surface area (Å²) in [4.78, 5) is 75.2. The number of nitrogens with zero attached hydrogens (tertiary/aromatic N) is 1. The first-order valence-corrected chi connectivity index (χ1v) is 16.4. The molecule has 15 nitrogen and oxygen atoms in total. The third-order valence-corrected chi connectivity index (χ3v) is 6.37. The molecule has 0 bridgehead atoms. The summed E-state index contributed by atoms with van der Waals surface area (Å²) in [7, 11) is 0. The number of carbonyl (C=O) groups is 6. The second-order valence-corrected chi connectivity index (χ2v) is 13.4. The summed E-state index contributed by atoms with van der Waals surface area (Å²) in [6.07, 6.45) is -0.949. The Balaban J connectivity index is 1.97. The van der Waals surface area contributed by atoms with Gasteiger partial charge in [-0.1, -0.05) is 12.1 Å². The quantitative estimate of drug-likeness (QED) is 0.144. The van der Waals surface area contributed by atoms with Gasteiger partial charge in [0.05, 0.1) is 0 Å². The summed E-state index contributed by atoms with van der Waals surface area (Å²) in [6.45, 7) is 13.3. The Kier molecular flexibility index (Phi) is 16.2. The zero-order valence-corrected chi connectivity index (χ0v) is 30.0. The van der Waals surface area contributed by atoms with Crippen molar-refractivity contribution in [3.8, 4) is 0 Å². The predicted molar refractivity (Wildman–Crippen MR) is 192 cm³/mol. The van der Waals surface area contributed by atoms with Gasteiger partial charge in [0.1, 0.15) is 11.2 Å². The van der Waals surface area contributed by atoms with Gasteiger partial charge < -0.3 is 35.6 Å². The molecule has 0 radical (unpaired) electrons. The molecule has 2 aromatic rings. The van der Waals surface area contributed by atoms with Crippen molar-refractivity contribution in [2.24, 2.45) is 0 Å². The second kappa shape index (κ2) is 19.7. The molecule has 0 aromatic heterocycles. The highest BCUT2D eigenvalue weighted by Crippen LogP contribution is 2.18. The fourth-order valence-electron chi connectivity index (χ4n) is 4.29. The second-order valence-electron chi connectivity index (χ2n) is 13.4. The molecule has 0 spiro atoms. The Morgan fingerprint density at radius 1 is 0.560 bits per heavy atom. The minimum Gasteiger partial charge on any atom is -0.444 e. The zero-order valence-electron chi connectivity index (χ0n) is 30.0. The van der Waals surface area contributed by atoms with Gasteiger partial charge >= 0.3 is 12.2 Å². The van der Waals surface area contributed by atoms with E-state index in [1.165, 1.54) is 6.92 Å². The van der Waals surface area contributed by atoms with Gasteiger partial charge in [0.2, 0.25) is 23.6 Å². The van der Waals surface area contributed by atoms with Crippen LogP contribution < -0.4 is 31.9 Å². The van der Waals surface area contributed by atoms with Crippen molar-refractivity contribution in [3.63, 3.8) is 0 Å². The van der Waals surface area contributed by atoms with Crippen LogP contribution in [-0.4, -0.2) is 84.6 Å². The number of amides is 6. The van der Waals surface area contributed by atoms with Gasteiger partial charge in [-0.3, -0.25) is 29.8 Å². The molecule has 274 valence electrons. The molecule has 0 aliphatic rings. The van der Waals surface area contributed by atoms with Gasteiger partial charge in [-0.25, -0.2) is 9.59 Å². The van der Waals surface area contributed by atoms with E-state index in [2.05, 4.69) is 31.9 Å². The summed E-state index contributed by atoms with van der Waals surface area (Å²) in [5, 5.41) is 16.3. The van der Waals surface area contributed by atoms with Crippen LogP contribution in [0.2, 0.25) is 0 Å². The highest BCUT2D eigenvalue weighted by molar-refractivity contribution is 5.93. The SMILES string of the molecule is CC(=O)NCCC(=O)NCCN(CCC(=O)Nc1cccc(NC(=O)OC(C)(C)C)c1)CCC(=O)Nc1cccc(NC(=O)OC(C)(C)C)c1.